The number of hydrogen-bond donors (Lipinski definition) is 2. The van der Waals surface area contributed by atoms with Gasteiger partial charge < -0.3 is 20.1 Å². The Labute approximate surface area is 251 Å². The van der Waals surface area contributed by atoms with Crippen molar-refractivity contribution in [3.63, 3.8) is 0 Å². The lowest BCUT2D eigenvalue weighted by molar-refractivity contribution is -0.152. The summed E-state index contributed by atoms with van der Waals surface area (Å²) in [6.45, 7) is 15.1. The van der Waals surface area contributed by atoms with E-state index in [2.05, 4.69) is 59.0 Å². The Bertz CT molecular complexity index is 1380. The Morgan fingerprint density at radius 3 is 2.05 bits per heavy atom. The fourth-order valence-corrected chi connectivity index (χ4v) is 6.45. The molecule has 3 aromatic rings. The molecule has 1 fully saturated rings. The average molecular weight is 571 g/mol. The SMILES string of the molecule is COc1ccc(C(C)(C)C)cc1CN[C@H]1[C@H](C(C)(C)C)[C@@H](C(=O)O)N(C(=O)C(C)c2ccccc2)[C@H]1c1ccccc1. The van der Waals surface area contributed by atoms with Crippen LogP contribution in [-0.2, 0) is 21.5 Å². The number of carboxylic acid groups (broad SMARTS) is 1. The molecule has 4 rings (SSSR count). The van der Waals surface area contributed by atoms with Gasteiger partial charge in [-0.05, 0) is 40.5 Å². The van der Waals surface area contributed by atoms with Gasteiger partial charge >= 0.3 is 5.97 Å². The zero-order valence-electron chi connectivity index (χ0n) is 26.2. The first kappa shape index (κ1) is 31.3. The Balaban J connectivity index is 1.84. The summed E-state index contributed by atoms with van der Waals surface area (Å²) in [5, 5.41) is 14.5. The molecule has 0 aliphatic carbocycles. The van der Waals surface area contributed by atoms with Crippen molar-refractivity contribution in [2.75, 3.05) is 7.11 Å². The fourth-order valence-electron chi connectivity index (χ4n) is 6.45. The van der Waals surface area contributed by atoms with Crippen molar-refractivity contribution in [2.45, 2.75) is 84.5 Å². The quantitative estimate of drug-likeness (QED) is 0.306. The fraction of sp³-hybridized carbons (Fsp3) is 0.444. The monoisotopic (exact) mass is 570 g/mol. The van der Waals surface area contributed by atoms with Crippen LogP contribution < -0.4 is 10.1 Å². The van der Waals surface area contributed by atoms with Gasteiger partial charge in [-0.15, -0.1) is 0 Å². The molecule has 1 heterocycles. The van der Waals surface area contributed by atoms with Gasteiger partial charge in [0.15, 0.2) is 0 Å². The Hall–Kier alpha value is -3.64. The normalized spacial score (nSPS) is 21.7. The third kappa shape index (κ3) is 6.39. The van der Waals surface area contributed by atoms with Crippen molar-refractivity contribution in [3.05, 3.63) is 101 Å². The summed E-state index contributed by atoms with van der Waals surface area (Å²) in [5.41, 5.74) is 3.51. The Morgan fingerprint density at radius 1 is 0.929 bits per heavy atom. The molecule has 0 aromatic heterocycles. The first-order valence-electron chi connectivity index (χ1n) is 14.8. The molecule has 1 saturated heterocycles. The number of aliphatic carboxylic acids is 1. The number of nitrogens with zero attached hydrogens (tertiary/aromatic N) is 1. The number of ether oxygens (including phenoxy) is 1. The summed E-state index contributed by atoms with van der Waals surface area (Å²) in [6, 6.07) is 23.9. The molecule has 1 amide bonds. The lowest BCUT2D eigenvalue weighted by atomic mass is 9.72. The van der Waals surface area contributed by atoms with Gasteiger partial charge in [-0.2, -0.15) is 0 Å². The molecule has 5 atom stereocenters. The summed E-state index contributed by atoms with van der Waals surface area (Å²) in [4.78, 5) is 29.2. The number of likely N-dealkylation sites (tertiary alicyclic amines) is 1. The van der Waals surface area contributed by atoms with Gasteiger partial charge in [0.2, 0.25) is 5.91 Å². The summed E-state index contributed by atoms with van der Waals surface area (Å²) < 4.78 is 5.73. The van der Waals surface area contributed by atoms with E-state index in [1.807, 2.05) is 73.7 Å². The largest absolute Gasteiger partial charge is 0.496 e. The van der Waals surface area contributed by atoms with Crippen LogP contribution in [0, 0.1) is 11.3 Å². The highest BCUT2D eigenvalue weighted by Gasteiger charge is 2.58. The zero-order valence-corrected chi connectivity index (χ0v) is 26.2. The van der Waals surface area contributed by atoms with E-state index in [1.54, 1.807) is 12.0 Å². The van der Waals surface area contributed by atoms with Crippen LogP contribution in [0.1, 0.15) is 82.7 Å². The van der Waals surface area contributed by atoms with Crippen molar-refractivity contribution in [1.29, 1.82) is 0 Å². The predicted octanol–water partition coefficient (Wildman–Crippen LogP) is 6.95. The number of nitrogens with one attached hydrogen (secondary N) is 1. The van der Waals surface area contributed by atoms with E-state index in [9.17, 15) is 14.7 Å². The zero-order chi connectivity index (χ0) is 30.8. The van der Waals surface area contributed by atoms with E-state index < -0.39 is 29.4 Å². The number of amides is 1. The van der Waals surface area contributed by atoms with Crippen LogP contribution in [0.25, 0.3) is 0 Å². The van der Waals surface area contributed by atoms with Gasteiger partial charge in [0.25, 0.3) is 0 Å². The number of hydrogen-bond acceptors (Lipinski definition) is 4. The van der Waals surface area contributed by atoms with Crippen molar-refractivity contribution in [2.24, 2.45) is 11.3 Å². The van der Waals surface area contributed by atoms with Crippen molar-refractivity contribution in [3.8, 4) is 5.75 Å². The second kappa shape index (κ2) is 12.3. The molecule has 1 unspecified atom stereocenters. The van der Waals surface area contributed by atoms with E-state index in [0.29, 0.717) is 6.54 Å². The number of rotatable bonds is 8. The second-order valence-corrected chi connectivity index (χ2v) is 13.6. The first-order chi connectivity index (χ1) is 19.8. The second-order valence-electron chi connectivity index (χ2n) is 13.6. The van der Waals surface area contributed by atoms with Gasteiger partial charge in [0.1, 0.15) is 11.8 Å². The van der Waals surface area contributed by atoms with Crippen LogP contribution in [0.15, 0.2) is 78.9 Å². The van der Waals surface area contributed by atoms with Gasteiger partial charge in [-0.3, -0.25) is 4.79 Å². The Morgan fingerprint density at radius 2 is 1.52 bits per heavy atom. The summed E-state index contributed by atoms with van der Waals surface area (Å²) in [7, 11) is 1.67. The van der Waals surface area contributed by atoms with Crippen LogP contribution in [0.2, 0.25) is 0 Å². The third-order valence-electron chi connectivity index (χ3n) is 8.66. The minimum atomic E-state index is -1.01. The van der Waals surface area contributed by atoms with Crippen molar-refractivity contribution in [1.82, 2.24) is 10.2 Å². The minimum Gasteiger partial charge on any atom is -0.496 e. The van der Waals surface area contributed by atoms with Gasteiger partial charge in [-0.1, -0.05) is 114 Å². The van der Waals surface area contributed by atoms with E-state index in [1.165, 1.54) is 5.56 Å². The molecule has 0 bridgehead atoms. The van der Waals surface area contributed by atoms with Crippen LogP contribution in [0.4, 0.5) is 0 Å². The molecule has 6 heteroatoms. The van der Waals surface area contributed by atoms with E-state index in [4.69, 9.17) is 4.74 Å². The standard InChI is InChI=1S/C36H46N2O4/c1-23(24-15-11-9-12-16-24)33(39)38-31(25-17-13-10-14-18-25)30(29(36(5,6)7)32(38)34(40)41)37-22-26-21-27(35(2,3)4)19-20-28(26)42-8/h9-21,23,29-32,37H,22H2,1-8H3,(H,40,41)/t23?,29-,30-,31-,32-/m0/s1. The third-order valence-corrected chi connectivity index (χ3v) is 8.66. The molecule has 224 valence electrons. The number of benzene rings is 3. The topological polar surface area (TPSA) is 78.9 Å². The number of methoxy groups -OCH3 is 1. The molecule has 0 radical (unpaired) electrons. The number of carbonyl (C=O) groups is 2. The predicted molar refractivity (Wildman–Crippen MR) is 168 cm³/mol. The molecule has 3 aromatic carbocycles. The maximum atomic E-state index is 14.4. The molecule has 0 spiro atoms. The molecule has 1 aliphatic heterocycles. The summed E-state index contributed by atoms with van der Waals surface area (Å²) >= 11 is 0. The molecule has 0 saturated carbocycles. The minimum absolute atomic E-state index is 0.0416. The molecular weight excluding hydrogens is 524 g/mol. The van der Waals surface area contributed by atoms with Gasteiger partial charge in [-0.25, -0.2) is 4.79 Å². The van der Waals surface area contributed by atoms with E-state index in [-0.39, 0.29) is 23.3 Å². The maximum absolute atomic E-state index is 14.4. The van der Waals surface area contributed by atoms with Crippen molar-refractivity contribution >= 4 is 11.9 Å². The van der Waals surface area contributed by atoms with Gasteiger partial charge in [0, 0.05) is 24.1 Å². The lowest BCUT2D eigenvalue weighted by Crippen LogP contribution is -2.48. The molecular formula is C36H46N2O4. The van der Waals surface area contributed by atoms with E-state index in [0.717, 1.165) is 22.4 Å². The first-order valence-corrected chi connectivity index (χ1v) is 14.8. The van der Waals surface area contributed by atoms with Crippen LogP contribution in [0.5, 0.6) is 5.75 Å². The lowest BCUT2D eigenvalue weighted by Gasteiger charge is -2.35. The number of carbonyl (C=O) groups excluding carboxylic acids is 1. The van der Waals surface area contributed by atoms with E-state index >= 15 is 0 Å². The van der Waals surface area contributed by atoms with Crippen LogP contribution in [-0.4, -0.2) is 41.1 Å². The Kier molecular flexibility index (Phi) is 9.17. The van der Waals surface area contributed by atoms with Crippen molar-refractivity contribution < 1.29 is 19.4 Å². The highest BCUT2D eigenvalue weighted by atomic mass is 16.5. The summed E-state index contributed by atoms with van der Waals surface area (Å²) in [6.07, 6.45) is 0. The van der Waals surface area contributed by atoms with Crippen LogP contribution in [0.3, 0.4) is 0 Å². The molecule has 42 heavy (non-hydrogen) atoms. The van der Waals surface area contributed by atoms with Gasteiger partial charge in [0.05, 0.1) is 19.1 Å². The smallest absolute Gasteiger partial charge is 0.326 e. The maximum Gasteiger partial charge on any atom is 0.326 e. The average Bonchev–Trinajstić information content (AvgIpc) is 3.31. The highest BCUT2D eigenvalue weighted by Crippen LogP contribution is 2.49. The molecule has 1 aliphatic rings. The van der Waals surface area contributed by atoms with Crippen LogP contribution >= 0.6 is 0 Å². The number of carboxylic acids is 1. The summed E-state index contributed by atoms with van der Waals surface area (Å²) in [5.74, 6) is -1.27. The molecule has 2 N–H and O–H groups in total. The highest BCUT2D eigenvalue weighted by molar-refractivity contribution is 5.89. The molecule has 6 nitrogen and oxygen atoms in total.